The van der Waals surface area contributed by atoms with Gasteiger partial charge in [0, 0.05) is 0 Å². The number of halogens is 1. The van der Waals surface area contributed by atoms with Crippen molar-refractivity contribution in [1.82, 2.24) is 5.43 Å². The first-order valence-electron chi connectivity index (χ1n) is 6.07. The summed E-state index contributed by atoms with van der Waals surface area (Å²) >= 11 is 3.29. The zero-order valence-electron chi connectivity index (χ0n) is 10.7. The van der Waals surface area contributed by atoms with Crippen molar-refractivity contribution in [2.75, 3.05) is 7.11 Å². The monoisotopic (exact) mass is 324 g/mol. The van der Waals surface area contributed by atoms with Crippen LogP contribution in [0.1, 0.15) is 23.8 Å². The largest absolute Gasteiger partial charge is 0.497 e. The minimum absolute atomic E-state index is 0.00778. The molecule has 5 heteroatoms. The second-order valence-corrected chi connectivity index (χ2v) is 5.03. The molecular weight excluding hydrogens is 308 g/mol. The molecule has 0 saturated carbocycles. The SMILES string of the molecule is COc1ccc(CCC(NN)c2ccc(Br)o2)cc1. The summed E-state index contributed by atoms with van der Waals surface area (Å²) in [6.07, 6.45) is 1.78. The predicted octanol–water partition coefficient (Wildman–Crippen LogP) is 3.19. The summed E-state index contributed by atoms with van der Waals surface area (Å²) in [5, 5.41) is 0. The number of hydrogen-bond acceptors (Lipinski definition) is 4. The zero-order valence-corrected chi connectivity index (χ0v) is 12.3. The quantitative estimate of drug-likeness (QED) is 0.632. The lowest BCUT2D eigenvalue weighted by Gasteiger charge is -2.13. The number of ether oxygens (including phenoxy) is 1. The van der Waals surface area contributed by atoms with E-state index in [4.69, 9.17) is 15.0 Å². The maximum atomic E-state index is 5.58. The second kappa shape index (κ2) is 6.75. The molecule has 0 aliphatic carbocycles. The second-order valence-electron chi connectivity index (χ2n) is 4.25. The van der Waals surface area contributed by atoms with Crippen molar-refractivity contribution in [1.29, 1.82) is 0 Å². The van der Waals surface area contributed by atoms with Crippen molar-refractivity contribution in [2.45, 2.75) is 18.9 Å². The number of rotatable bonds is 6. The molecule has 1 unspecified atom stereocenters. The van der Waals surface area contributed by atoms with Crippen LogP contribution in [0.25, 0.3) is 0 Å². The molecule has 3 N–H and O–H groups in total. The van der Waals surface area contributed by atoms with Gasteiger partial charge in [-0.15, -0.1) is 0 Å². The number of furan rings is 1. The molecule has 2 aromatic rings. The molecule has 0 spiro atoms. The van der Waals surface area contributed by atoms with Crippen LogP contribution >= 0.6 is 15.9 Å². The Labute approximate surface area is 121 Å². The lowest BCUT2D eigenvalue weighted by Crippen LogP contribution is -2.28. The molecule has 1 atom stereocenters. The first-order chi connectivity index (χ1) is 9.22. The third-order valence-electron chi connectivity index (χ3n) is 3.02. The predicted molar refractivity (Wildman–Crippen MR) is 77.8 cm³/mol. The molecule has 0 aliphatic heterocycles. The molecule has 2 rings (SSSR count). The van der Waals surface area contributed by atoms with Crippen molar-refractivity contribution >= 4 is 15.9 Å². The number of methoxy groups -OCH3 is 1. The summed E-state index contributed by atoms with van der Waals surface area (Å²) in [6.45, 7) is 0. The van der Waals surface area contributed by atoms with E-state index < -0.39 is 0 Å². The van der Waals surface area contributed by atoms with Gasteiger partial charge in [0.1, 0.15) is 11.5 Å². The van der Waals surface area contributed by atoms with Gasteiger partial charge in [-0.2, -0.15) is 0 Å². The van der Waals surface area contributed by atoms with Gasteiger partial charge in [-0.1, -0.05) is 12.1 Å². The number of aryl methyl sites for hydroxylation is 1. The van der Waals surface area contributed by atoms with Gasteiger partial charge in [-0.3, -0.25) is 5.84 Å². The number of nitrogens with two attached hydrogens (primary N) is 1. The van der Waals surface area contributed by atoms with Gasteiger partial charge in [0.25, 0.3) is 0 Å². The molecule has 19 heavy (non-hydrogen) atoms. The Balaban J connectivity index is 1.95. The Morgan fingerprint density at radius 2 is 2.00 bits per heavy atom. The van der Waals surface area contributed by atoms with Crippen LogP contribution in [0.3, 0.4) is 0 Å². The number of hydrazine groups is 1. The highest BCUT2D eigenvalue weighted by atomic mass is 79.9. The van der Waals surface area contributed by atoms with Gasteiger partial charge in [-0.05, 0) is 58.6 Å². The van der Waals surface area contributed by atoms with Crippen LogP contribution in [0.5, 0.6) is 5.75 Å². The van der Waals surface area contributed by atoms with Crippen molar-refractivity contribution in [3.05, 3.63) is 52.4 Å². The lowest BCUT2D eigenvalue weighted by molar-refractivity contribution is 0.391. The maximum absolute atomic E-state index is 5.58. The Bertz CT molecular complexity index is 510. The van der Waals surface area contributed by atoms with Gasteiger partial charge in [0.05, 0.1) is 13.2 Å². The fraction of sp³-hybridized carbons (Fsp3) is 0.286. The van der Waals surface area contributed by atoms with Gasteiger partial charge >= 0.3 is 0 Å². The number of benzene rings is 1. The Kier molecular flexibility index (Phi) is 5.01. The maximum Gasteiger partial charge on any atom is 0.169 e. The summed E-state index contributed by atoms with van der Waals surface area (Å²) in [4.78, 5) is 0. The van der Waals surface area contributed by atoms with E-state index in [1.54, 1.807) is 7.11 Å². The summed E-state index contributed by atoms with van der Waals surface area (Å²) < 4.78 is 11.4. The molecule has 0 aliphatic rings. The van der Waals surface area contributed by atoms with Crippen LogP contribution in [-0.4, -0.2) is 7.11 Å². The van der Waals surface area contributed by atoms with E-state index in [0.29, 0.717) is 4.67 Å². The van der Waals surface area contributed by atoms with E-state index in [-0.39, 0.29) is 6.04 Å². The van der Waals surface area contributed by atoms with Crippen LogP contribution in [0.4, 0.5) is 0 Å². The minimum atomic E-state index is 0.00778. The third kappa shape index (κ3) is 3.83. The zero-order chi connectivity index (χ0) is 13.7. The van der Waals surface area contributed by atoms with Crippen LogP contribution in [0, 0.1) is 0 Å². The van der Waals surface area contributed by atoms with Gasteiger partial charge < -0.3 is 9.15 Å². The average Bonchev–Trinajstić information content (AvgIpc) is 2.87. The summed E-state index contributed by atoms with van der Waals surface area (Å²) in [6, 6.07) is 11.8. The minimum Gasteiger partial charge on any atom is -0.497 e. The van der Waals surface area contributed by atoms with E-state index >= 15 is 0 Å². The summed E-state index contributed by atoms with van der Waals surface area (Å²) in [5.74, 6) is 7.28. The topological polar surface area (TPSA) is 60.4 Å². The van der Waals surface area contributed by atoms with E-state index in [2.05, 4.69) is 33.5 Å². The number of nitrogens with one attached hydrogen (secondary N) is 1. The van der Waals surface area contributed by atoms with Crippen molar-refractivity contribution in [3.8, 4) is 5.75 Å². The molecule has 0 bridgehead atoms. The number of hydrogen-bond donors (Lipinski definition) is 2. The fourth-order valence-electron chi connectivity index (χ4n) is 1.93. The van der Waals surface area contributed by atoms with Gasteiger partial charge in [0.15, 0.2) is 4.67 Å². The van der Waals surface area contributed by atoms with Crippen LogP contribution in [-0.2, 0) is 6.42 Å². The molecule has 1 aromatic carbocycles. The highest BCUT2D eigenvalue weighted by molar-refractivity contribution is 9.10. The van der Waals surface area contributed by atoms with E-state index in [1.807, 2.05) is 24.3 Å². The van der Waals surface area contributed by atoms with Crippen LogP contribution in [0.2, 0.25) is 0 Å². The summed E-state index contributed by atoms with van der Waals surface area (Å²) in [5.41, 5.74) is 4.03. The van der Waals surface area contributed by atoms with Crippen molar-refractivity contribution in [3.63, 3.8) is 0 Å². The average molecular weight is 325 g/mol. The van der Waals surface area contributed by atoms with Crippen molar-refractivity contribution in [2.24, 2.45) is 5.84 Å². The van der Waals surface area contributed by atoms with E-state index in [9.17, 15) is 0 Å². The molecule has 1 aromatic heterocycles. The van der Waals surface area contributed by atoms with E-state index in [0.717, 1.165) is 24.4 Å². The van der Waals surface area contributed by atoms with Crippen LogP contribution in [0.15, 0.2) is 45.5 Å². The molecule has 0 fully saturated rings. The fourth-order valence-corrected chi connectivity index (χ4v) is 2.25. The first-order valence-corrected chi connectivity index (χ1v) is 6.86. The smallest absolute Gasteiger partial charge is 0.169 e. The van der Waals surface area contributed by atoms with Crippen molar-refractivity contribution < 1.29 is 9.15 Å². The molecule has 0 amide bonds. The molecule has 4 nitrogen and oxygen atoms in total. The first kappa shape index (κ1) is 14.1. The Hall–Kier alpha value is -1.30. The molecular formula is C14H17BrN2O2. The van der Waals surface area contributed by atoms with E-state index in [1.165, 1.54) is 5.56 Å². The summed E-state index contributed by atoms with van der Waals surface area (Å²) in [7, 11) is 1.66. The highest BCUT2D eigenvalue weighted by Gasteiger charge is 2.13. The highest BCUT2D eigenvalue weighted by Crippen LogP contribution is 2.24. The third-order valence-corrected chi connectivity index (χ3v) is 3.45. The van der Waals surface area contributed by atoms with Gasteiger partial charge in [0.2, 0.25) is 0 Å². The molecule has 102 valence electrons. The lowest BCUT2D eigenvalue weighted by atomic mass is 10.0. The van der Waals surface area contributed by atoms with Gasteiger partial charge in [-0.25, -0.2) is 5.43 Å². The molecule has 0 saturated heterocycles. The standard InChI is InChI=1S/C14H17BrN2O2/c1-18-11-5-2-10(3-6-11)4-7-12(17-16)13-8-9-14(15)19-13/h2-3,5-6,8-9,12,17H,4,7,16H2,1H3. The molecule has 1 heterocycles. The Morgan fingerprint density at radius 3 is 2.53 bits per heavy atom. The van der Waals surface area contributed by atoms with Crippen LogP contribution < -0.4 is 16.0 Å². The normalized spacial score (nSPS) is 12.4. The Morgan fingerprint density at radius 1 is 1.26 bits per heavy atom. The molecule has 0 radical (unpaired) electrons.